The zero-order valence-corrected chi connectivity index (χ0v) is 18.0. The van der Waals surface area contributed by atoms with Gasteiger partial charge in [-0.3, -0.25) is 9.69 Å². The van der Waals surface area contributed by atoms with Gasteiger partial charge in [0.15, 0.2) is 0 Å². The summed E-state index contributed by atoms with van der Waals surface area (Å²) in [6.07, 6.45) is 0.517. The minimum Gasteiger partial charge on any atom is -0.293 e. The lowest BCUT2D eigenvalue weighted by Gasteiger charge is -2.25. The van der Waals surface area contributed by atoms with E-state index in [1.54, 1.807) is 12.1 Å². The highest BCUT2D eigenvalue weighted by molar-refractivity contribution is 6.31. The van der Waals surface area contributed by atoms with Gasteiger partial charge in [-0.1, -0.05) is 72.3 Å². The number of likely N-dealkylation sites (N-methyl/N-ethyl adjacent to an activating group) is 1. The molecular formula is C25H23ClFN3O. The number of amides is 1. The lowest BCUT2D eigenvalue weighted by molar-refractivity contribution is -0.134. The van der Waals surface area contributed by atoms with E-state index in [2.05, 4.69) is 5.10 Å². The highest BCUT2D eigenvalue weighted by atomic mass is 35.5. The van der Waals surface area contributed by atoms with Crippen LogP contribution in [0.5, 0.6) is 0 Å². The summed E-state index contributed by atoms with van der Waals surface area (Å²) in [6.45, 7) is 0.877. The lowest BCUT2D eigenvalue weighted by Crippen LogP contribution is -2.36. The van der Waals surface area contributed by atoms with Crippen molar-refractivity contribution in [3.05, 3.63) is 106 Å². The van der Waals surface area contributed by atoms with E-state index in [-0.39, 0.29) is 24.3 Å². The molecule has 4 rings (SSSR count). The molecule has 1 heterocycles. The number of benzene rings is 3. The average molecular weight is 436 g/mol. The van der Waals surface area contributed by atoms with Gasteiger partial charge in [0.25, 0.3) is 5.91 Å². The number of carbonyl (C=O) groups excluding carboxylic acids is 1. The largest absolute Gasteiger partial charge is 0.293 e. The van der Waals surface area contributed by atoms with Crippen molar-refractivity contribution < 1.29 is 9.18 Å². The maximum absolute atomic E-state index is 13.4. The van der Waals surface area contributed by atoms with E-state index < -0.39 is 0 Å². The topological polar surface area (TPSA) is 35.9 Å². The second kappa shape index (κ2) is 9.41. The molecule has 1 unspecified atom stereocenters. The molecule has 1 atom stereocenters. The molecule has 31 heavy (non-hydrogen) atoms. The maximum atomic E-state index is 13.4. The first-order chi connectivity index (χ1) is 15.0. The molecule has 0 radical (unpaired) electrons. The summed E-state index contributed by atoms with van der Waals surface area (Å²) >= 11 is 6.45. The van der Waals surface area contributed by atoms with Crippen molar-refractivity contribution in [1.29, 1.82) is 0 Å². The van der Waals surface area contributed by atoms with Gasteiger partial charge in [0.1, 0.15) is 5.82 Å². The van der Waals surface area contributed by atoms with E-state index in [0.29, 0.717) is 18.0 Å². The van der Waals surface area contributed by atoms with Crippen LogP contribution in [0.1, 0.15) is 29.2 Å². The molecule has 0 bridgehead atoms. The minimum absolute atomic E-state index is 0.111. The smallest absolute Gasteiger partial charge is 0.257 e. The Hall–Kier alpha value is -3.02. The average Bonchev–Trinajstić information content (AvgIpc) is 3.20. The Bertz CT molecular complexity index is 1090. The van der Waals surface area contributed by atoms with Gasteiger partial charge in [-0.2, -0.15) is 5.10 Å². The molecule has 0 fully saturated rings. The molecular weight excluding hydrogens is 413 g/mol. The Morgan fingerprint density at radius 2 is 1.74 bits per heavy atom. The first kappa shape index (κ1) is 21.2. The van der Waals surface area contributed by atoms with Crippen molar-refractivity contribution in [2.24, 2.45) is 5.10 Å². The molecule has 1 amide bonds. The second-order valence-corrected chi connectivity index (χ2v) is 8.10. The number of hydrogen-bond donors (Lipinski definition) is 0. The van der Waals surface area contributed by atoms with Crippen LogP contribution in [0, 0.1) is 5.82 Å². The third-order valence-electron chi connectivity index (χ3n) is 5.31. The minimum atomic E-state index is -0.305. The number of rotatable bonds is 6. The number of hydrogen-bond acceptors (Lipinski definition) is 3. The molecule has 0 saturated carbocycles. The quantitative estimate of drug-likeness (QED) is 0.527. The van der Waals surface area contributed by atoms with Crippen LogP contribution in [0.15, 0.2) is 84.0 Å². The number of hydrazone groups is 1. The van der Waals surface area contributed by atoms with Gasteiger partial charge < -0.3 is 0 Å². The number of halogens is 2. The van der Waals surface area contributed by atoms with E-state index in [0.717, 1.165) is 22.4 Å². The van der Waals surface area contributed by atoms with E-state index in [9.17, 15) is 9.18 Å². The molecule has 0 aliphatic carbocycles. The van der Waals surface area contributed by atoms with Crippen LogP contribution >= 0.6 is 11.6 Å². The Morgan fingerprint density at radius 3 is 2.45 bits per heavy atom. The first-order valence-electron chi connectivity index (χ1n) is 10.1. The maximum Gasteiger partial charge on any atom is 0.257 e. The van der Waals surface area contributed by atoms with Crippen molar-refractivity contribution in [3.8, 4) is 0 Å². The number of carbonyl (C=O) groups is 1. The van der Waals surface area contributed by atoms with Gasteiger partial charge in [-0.25, -0.2) is 9.40 Å². The third kappa shape index (κ3) is 5.01. The summed E-state index contributed by atoms with van der Waals surface area (Å²) in [5.41, 5.74) is 3.52. The van der Waals surface area contributed by atoms with E-state index >= 15 is 0 Å². The zero-order valence-electron chi connectivity index (χ0n) is 17.2. The second-order valence-electron chi connectivity index (χ2n) is 7.69. The summed E-state index contributed by atoms with van der Waals surface area (Å²) < 4.78 is 13.4. The fourth-order valence-electron chi connectivity index (χ4n) is 3.80. The SMILES string of the molecule is CN(CC(=O)N1N=C(c2ccc(F)cc2)CC1c1ccccc1Cl)Cc1ccccc1. The summed E-state index contributed by atoms with van der Waals surface area (Å²) in [5, 5.41) is 6.76. The van der Waals surface area contributed by atoms with E-state index in [1.807, 2.05) is 66.5 Å². The van der Waals surface area contributed by atoms with Crippen LogP contribution in [0.2, 0.25) is 5.02 Å². The summed E-state index contributed by atoms with van der Waals surface area (Å²) in [6, 6.07) is 23.4. The molecule has 1 aliphatic rings. The van der Waals surface area contributed by atoms with Crippen LogP contribution in [-0.2, 0) is 11.3 Å². The molecule has 0 N–H and O–H groups in total. The molecule has 158 valence electrons. The normalized spacial score (nSPS) is 15.9. The monoisotopic (exact) mass is 435 g/mol. The van der Waals surface area contributed by atoms with Crippen LogP contribution in [0.3, 0.4) is 0 Å². The summed E-state index contributed by atoms with van der Waals surface area (Å²) in [4.78, 5) is 15.2. The highest BCUT2D eigenvalue weighted by Gasteiger charge is 2.34. The van der Waals surface area contributed by atoms with Crippen molar-refractivity contribution in [2.75, 3.05) is 13.6 Å². The predicted molar refractivity (Wildman–Crippen MR) is 121 cm³/mol. The molecule has 0 saturated heterocycles. The van der Waals surface area contributed by atoms with Crippen LogP contribution < -0.4 is 0 Å². The first-order valence-corrected chi connectivity index (χ1v) is 10.5. The highest BCUT2D eigenvalue weighted by Crippen LogP contribution is 2.36. The Balaban J connectivity index is 1.57. The lowest BCUT2D eigenvalue weighted by atomic mass is 9.98. The molecule has 3 aromatic carbocycles. The van der Waals surface area contributed by atoms with Crippen LogP contribution in [0.25, 0.3) is 0 Å². The molecule has 4 nitrogen and oxygen atoms in total. The zero-order chi connectivity index (χ0) is 21.8. The molecule has 6 heteroatoms. The molecule has 0 spiro atoms. The fourth-order valence-corrected chi connectivity index (χ4v) is 4.06. The van der Waals surface area contributed by atoms with Gasteiger partial charge in [0.2, 0.25) is 0 Å². The fraction of sp³-hybridized carbons (Fsp3) is 0.200. The van der Waals surface area contributed by atoms with Gasteiger partial charge in [-0.15, -0.1) is 0 Å². The third-order valence-corrected chi connectivity index (χ3v) is 5.65. The molecule has 1 aliphatic heterocycles. The van der Waals surface area contributed by atoms with Crippen molar-refractivity contribution in [2.45, 2.75) is 19.0 Å². The summed E-state index contributed by atoms with van der Waals surface area (Å²) in [5.74, 6) is -0.416. The molecule has 3 aromatic rings. The Labute approximate surface area is 186 Å². The van der Waals surface area contributed by atoms with E-state index in [1.165, 1.54) is 17.1 Å². The molecule has 0 aromatic heterocycles. The van der Waals surface area contributed by atoms with Crippen molar-refractivity contribution >= 4 is 23.2 Å². The predicted octanol–water partition coefficient (Wildman–Crippen LogP) is 5.29. The van der Waals surface area contributed by atoms with Gasteiger partial charge in [-0.05, 0) is 41.9 Å². The van der Waals surface area contributed by atoms with Gasteiger partial charge in [0.05, 0.1) is 18.3 Å². The Morgan fingerprint density at radius 1 is 1.06 bits per heavy atom. The van der Waals surface area contributed by atoms with Crippen LogP contribution in [-0.4, -0.2) is 35.1 Å². The van der Waals surface area contributed by atoms with Crippen molar-refractivity contribution in [1.82, 2.24) is 9.91 Å². The van der Waals surface area contributed by atoms with Crippen LogP contribution in [0.4, 0.5) is 4.39 Å². The van der Waals surface area contributed by atoms with E-state index in [4.69, 9.17) is 11.6 Å². The van der Waals surface area contributed by atoms with Crippen molar-refractivity contribution in [3.63, 3.8) is 0 Å². The Kier molecular flexibility index (Phi) is 6.44. The standard InChI is InChI=1S/C25H23ClFN3O/c1-29(16-18-7-3-2-4-8-18)17-25(31)30-24(21-9-5-6-10-22(21)26)15-23(28-30)19-11-13-20(27)14-12-19/h2-14,24H,15-17H2,1H3. The van der Waals surface area contributed by atoms with Gasteiger partial charge in [0, 0.05) is 18.0 Å². The number of nitrogens with zero attached hydrogens (tertiary/aromatic N) is 3. The summed E-state index contributed by atoms with van der Waals surface area (Å²) in [7, 11) is 1.91. The van der Waals surface area contributed by atoms with Gasteiger partial charge >= 0.3 is 0 Å².